The van der Waals surface area contributed by atoms with Gasteiger partial charge in [-0.25, -0.2) is 0 Å². The van der Waals surface area contributed by atoms with Crippen molar-refractivity contribution in [3.63, 3.8) is 0 Å². The molecule has 1 heterocycles. The lowest BCUT2D eigenvalue weighted by molar-refractivity contribution is -0.140. The molecule has 0 saturated heterocycles. The maximum Gasteiger partial charge on any atom is 0.279 e. The molecule has 0 radical (unpaired) electrons. The molecule has 1 fully saturated rings. The minimum atomic E-state index is -0.435. The first-order valence-electron chi connectivity index (χ1n) is 10.9. The van der Waals surface area contributed by atoms with Gasteiger partial charge in [0.15, 0.2) is 0 Å². The average Bonchev–Trinajstić information content (AvgIpc) is 3.01. The predicted octanol–water partition coefficient (Wildman–Crippen LogP) is 5.12. The van der Waals surface area contributed by atoms with Crippen LogP contribution < -0.4 is 10.6 Å². The summed E-state index contributed by atoms with van der Waals surface area (Å²) in [5.74, 6) is -1.04. The Morgan fingerprint density at radius 2 is 1.66 bits per heavy atom. The number of amides is 3. The Morgan fingerprint density at radius 1 is 0.969 bits per heavy atom. The highest BCUT2D eigenvalue weighted by molar-refractivity contribution is 6.48. The van der Waals surface area contributed by atoms with Crippen LogP contribution in [0.4, 0.5) is 11.4 Å². The van der Waals surface area contributed by atoms with Gasteiger partial charge in [-0.1, -0.05) is 43.0 Å². The van der Waals surface area contributed by atoms with E-state index >= 15 is 0 Å². The van der Waals surface area contributed by atoms with Gasteiger partial charge in [0.2, 0.25) is 0 Å². The molecule has 2 aromatic rings. The van der Waals surface area contributed by atoms with Crippen LogP contribution in [0, 0.1) is 13.8 Å². The zero-order valence-electron chi connectivity index (χ0n) is 18.2. The smallest absolute Gasteiger partial charge is 0.279 e. The van der Waals surface area contributed by atoms with E-state index in [-0.39, 0.29) is 28.6 Å². The standard InChI is InChI=1S/C25H26ClN3O3/c1-15-7-6-10-20(16(15)2)28-23(30)17-11-13-18(14-12-17)27-22-21(26)24(31)29(25(22)32)19-8-4-3-5-9-19/h6-7,10-14,19,27H,3-5,8-9H2,1-2H3,(H,28,30). The quantitative estimate of drug-likeness (QED) is 0.618. The van der Waals surface area contributed by atoms with Gasteiger partial charge in [0, 0.05) is 23.0 Å². The van der Waals surface area contributed by atoms with E-state index in [1.165, 1.54) is 4.90 Å². The number of benzene rings is 2. The molecule has 0 atom stereocenters. The number of aryl methyl sites for hydroxylation is 1. The Hall–Kier alpha value is -3.12. The van der Waals surface area contributed by atoms with Gasteiger partial charge < -0.3 is 10.6 Å². The monoisotopic (exact) mass is 451 g/mol. The van der Waals surface area contributed by atoms with Crippen molar-refractivity contribution >= 4 is 40.7 Å². The van der Waals surface area contributed by atoms with E-state index in [2.05, 4.69) is 10.6 Å². The Balaban J connectivity index is 1.45. The van der Waals surface area contributed by atoms with Crippen LogP contribution in [-0.2, 0) is 9.59 Å². The molecule has 1 saturated carbocycles. The van der Waals surface area contributed by atoms with Crippen LogP contribution >= 0.6 is 11.6 Å². The number of carbonyl (C=O) groups excluding carboxylic acids is 3. The van der Waals surface area contributed by atoms with Crippen molar-refractivity contribution in [3.05, 3.63) is 69.9 Å². The predicted molar refractivity (Wildman–Crippen MR) is 126 cm³/mol. The zero-order valence-corrected chi connectivity index (χ0v) is 19.0. The van der Waals surface area contributed by atoms with E-state index in [4.69, 9.17) is 11.6 Å². The lowest BCUT2D eigenvalue weighted by atomic mass is 9.94. The van der Waals surface area contributed by atoms with Crippen LogP contribution in [0.2, 0.25) is 0 Å². The molecule has 0 aromatic heterocycles. The molecule has 0 bridgehead atoms. The van der Waals surface area contributed by atoms with Crippen molar-refractivity contribution < 1.29 is 14.4 Å². The summed E-state index contributed by atoms with van der Waals surface area (Å²) in [5, 5.41) is 5.82. The van der Waals surface area contributed by atoms with Crippen LogP contribution in [0.1, 0.15) is 53.6 Å². The summed E-state index contributed by atoms with van der Waals surface area (Å²) in [6.45, 7) is 3.96. The number of anilines is 2. The molecule has 7 heteroatoms. The number of nitrogens with zero attached hydrogens (tertiary/aromatic N) is 1. The summed E-state index contributed by atoms with van der Waals surface area (Å²) >= 11 is 6.23. The first-order valence-corrected chi connectivity index (χ1v) is 11.3. The molecule has 2 N–H and O–H groups in total. The number of hydrogen-bond donors (Lipinski definition) is 2. The second-order valence-corrected chi connectivity index (χ2v) is 8.74. The van der Waals surface area contributed by atoms with Crippen LogP contribution in [0.5, 0.6) is 0 Å². The number of carbonyl (C=O) groups is 3. The van der Waals surface area contributed by atoms with E-state index in [0.29, 0.717) is 11.3 Å². The molecule has 4 rings (SSSR count). The molecule has 6 nitrogen and oxygen atoms in total. The summed E-state index contributed by atoms with van der Waals surface area (Å²) in [6, 6.07) is 12.4. The third-order valence-electron chi connectivity index (χ3n) is 6.27. The van der Waals surface area contributed by atoms with Crippen molar-refractivity contribution in [2.24, 2.45) is 0 Å². The fraction of sp³-hybridized carbons (Fsp3) is 0.320. The van der Waals surface area contributed by atoms with E-state index in [1.807, 2.05) is 32.0 Å². The van der Waals surface area contributed by atoms with Crippen LogP contribution in [0.3, 0.4) is 0 Å². The highest BCUT2D eigenvalue weighted by atomic mass is 35.5. The molecule has 2 aliphatic rings. The van der Waals surface area contributed by atoms with Crippen molar-refractivity contribution in [3.8, 4) is 0 Å². The molecule has 32 heavy (non-hydrogen) atoms. The highest BCUT2D eigenvalue weighted by Crippen LogP contribution is 2.32. The fourth-order valence-corrected chi connectivity index (χ4v) is 4.45. The number of hydrogen-bond acceptors (Lipinski definition) is 4. The van der Waals surface area contributed by atoms with Crippen molar-refractivity contribution in [1.29, 1.82) is 0 Å². The Morgan fingerprint density at radius 3 is 2.34 bits per heavy atom. The molecule has 0 spiro atoms. The number of halogens is 1. The lowest BCUT2D eigenvalue weighted by Gasteiger charge is -2.29. The largest absolute Gasteiger partial charge is 0.350 e. The van der Waals surface area contributed by atoms with Crippen LogP contribution in [0.25, 0.3) is 0 Å². The minimum Gasteiger partial charge on any atom is -0.350 e. The Bertz CT molecular complexity index is 1100. The van der Waals surface area contributed by atoms with Gasteiger partial charge in [0.25, 0.3) is 17.7 Å². The third kappa shape index (κ3) is 4.28. The molecule has 2 aromatic carbocycles. The van der Waals surface area contributed by atoms with Crippen molar-refractivity contribution in [2.45, 2.75) is 52.0 Å². The van der Waals surface area contributed by atoms with Gasteiger partial charge in [0.05, 0.1) is 0 Å². The van der Waals surface area contributed by atoms with E-state index in [0.717, 1.165) is 48.9 Å². The van der Waals surface area contributed by atoms with Crippen molar-refractivity contribution in [1.82, 2.24) is 4.90 Å². The summed E-state index contributed by atoms with van der Waals surface area (Å²) in [6.07, 6.45) is 4.78. The summed E-state index contributed by atoms with van der Waals surface area (Å²) in [5.41, 5.74) is 4.04. The lowest BCUT2D eigenvalue weighted by Crippen LogP contribution is -2.42. The SMILES string of the molecule is Cc1cccc(NC(=O)c2ccc(NC3=C(Cl)C(=O)N(C4CCCCC4)C3=O)cc2)c1C. The van der Waals surface area contributed by atoms with Crippen LogP contribution in [0.15, 0.2) is 53.2 Å². The van der Waals surface area contributed by atoms with Gasteiger partial charge >= 0.3 is 0 Å². The first kappa shape index (κ1) is 22.1. The second kappa shape index (κ2) is 9.17. The Labute approximate surface area is 192 Å². The highest BCUT2D eigenvalue weighted by Gasteiger charge is 2.42. The summed E-state index contributed by atoms with van der Waals surface area (Å²) in [7, 11) is 0. The van der Waals surface area contributed by atoms with Gasteiger partial charge in [-0.05, 0) is 68.1 Å². The van der Waals surface area contributed by atoms with E-state index in [1.54, 1.807) is 24.3 Å². The average molecular weight is 452 g/mol. The second-order valence-electron chi connectivity index (χ2n) is 8.37. The molecule has 1 aliphatic heterocycles. The van der Waals surface area contributed by atoms with Gasteiger partial charge in [-0.2, -0.15) is 0 Å². The number of imide groups is 1. The molecule has 0 unspecified atom stereocenters. The van der Waals surface area contributed by atoms with Gasteiger partial charge in [-0.3, -0.25) is 19.3 Å². The van der Waals surface area contributed by atoms with Gasteiger partial charge in [-0.15, -0.1) is 0 Å². The van der Waals surface area contributed by atoms with E-state index in [9.17, 15) is 14.4 Å². The molecule has 1 aliphatic carbocycles. The molecule has 166 valence electrons. The maximum absolute atomic E-state index is 12.9. The van der Waals surface area contributed by atoms with E-state index < -0.39 is 5.91 Å². The third-order valence-corrected chi connectivity index (χ3v) is 6.62. The first-order chi connectivity index (χ1) is 15.4. The van der Waals surface area contributed by atoms with Crippen LogP contribution in [-0.4, -0.2) is 28.7 Å². The minimum absolute atomic E-state index is 0.0858. The molecular formula is C25H26ClN3O3. The number of rotatable bonds is 5. The Kier molecular flexibility index (Phi) is 6.33. The molecular weight excluding hydrogens is 426 g/mol. The number of nitrogens with one attached hydrogen (secondary N) is 2. The zero-order chi connectivity index (χ0) is 22.8. The fourth-order valence-electron chi connectivity index (χ4n) is 4.23. The summed E-state index contributed by atoms with van der Waals surface area (Å²) < 4.78 is 0. The normalized spacial score (nSPS) is 17.2. The van der Waals surface area contributed by atoms with Crippen molar-refractivity contribution in [2.75, 3.05) is 10.6 Å². The summed E-state index contributed by atoms with van der Waals surface area (Å²) in [4.78, 5) is 39.4. The molecule has 3 amide bonds. The van der Waals surface area contributed by atoms with Gasteiger partial charge in [0.1, 0.15) is 10.7 Å². The maximum atomic E-state index is 12.9. The topological polar surface area (TPSA) is 78.5 Å².